The second kappa shape index (κ2) is 7.27. The predicted molar refractivity (Wildman–Crippen MR) is 113 cm³/mol. The van der Waals surface area contributed by atoms with Crippen LogP contribution in [0.15, 0.2) is 45.7 Å². The molecule has 1 aromatic carbocycles. The second-order valence-electron chi connectivity index (χ2n) is 8.22. The molecular weight excluding hydrogens is 380 g/mol. The molecule has 1 amide bonds. The van der Waals surface area contributed by atoms with E-state index >= 15 is 0 Å². The van der Waals surface area contributed by atoms with Crippen molar-refractivity contribution in [2.45, 2.75) is 45.1 Å². The highest BCUT2D eigenvalue weighted by Crippen LogP contribution is 2.34. The molecule has 0 bridgehead atoms. The Balaban J connectivity index is 1.32. The number of likely N-dealkylation sites (tertiary alicyclic amines) is 1. The molecule has 3 heterocycles. The zero-order chi connectivity index (χ0) is 20.8. The van der Waals surface area contributed by atoms with Gasteiger partial charge in [0.05, 0.1) is 0 Å². The summed E-state index contributed by atoms with van der Waals surface area (Å²) in [7, 11) is 0. The zero-order valence-electron chi connectivity index (χ0n) is 17.2. The summed E-state index contributed by atoms with van der Waals surface area (Å²) < 4.78 is 11.6. The van der Waals surface area contributed by atoms with Crippen molar-refractivity contribution in [1.82, 2.24) is 9.88 Å². The first-order chi connectivity index (χ1) is 14.5. The fraction of sp³-hybridized carbons (Fsp3) is 0.375. The monoisotopic (exact) mass is 404 g/mol. The van der Waals surface area contributed by atoms with Crippen molar-refractivity contribution < 1.29 is 13.9 Å². The van der Waals surface area contributed by atoms with Crippen molar-refractivity contribution in [3.8, 4) is 5.75 Å². The minimum absolute atomic E-state index is 0.0444. The minimum atomic E-state index is -0.619. The number of pyridine rings is 1. The van der Waals surface area contributed by atoms with Gasteiger partial charge in [0.25, 0.3) is 5.91 Å². The molecule has 154 valence electrons. The lowest BCUT2D eigenvalue weighted by atomic mass is 9.95. The third-order valence-electron chi connectivity index (χ3n) is 6.29. The number of aryl methyl sites for hydroxylation is 2. The number of hydrogen-bond donors (Lipinski definition) is 0. The molecule has 0 radical (unpaired) electrons. The average molecular weight is 404 g/mol. The number of ether oxygens (including phenoxy) is 1. The van der Waals surface area contributed by atoms with Gasteiger partial charge in [0, 0.05) is 47.4 Å². The Bertz CT molecular complexity index is 1180. The van der Waals surface area contributed by atoms with Gasteiger partial charge in [-0.3, -0.25) is 9.78 Å². The fourth-order valence-electron chi connectivity index (χ4n) is 4.55. The van der Waals surface area contributed by atoms with E-state index in [2.05, 4.69) is 4.98 Å². The van der Waals surface area contributed by atoms with E-state index in [0.29, 0.717) is 24.4 Å². The molecular formula is C24H24N2O4. The molecule has 1 atom stereocenters. The minimum Gasteiger partial charge on any atom is -0.480 e. The van der Waals surface area contributed by atoms with E-state index in [9.17, 15) is 9.59 Å². The van der Waals surface area contributed by atoms with Crippen molar-refractivity contribution in [3.63, 3.8) is 0 Å². The third-order valence-corrected chi connectivity index (χ3v) is 6.29. The Kier molecular flexibility index (Phi) is 4.57. The Labute approximate surface area is 174 Å². The van der Waals surface area contributed by atoms with E-state index < -0.39 is 6.10 Å². The van der Waals surface area contributed by atoms with Crippen molar-refractivity contribution in [3.05, 3.63) is 69.3 Å². The maximum Gasteiger partial charge on any atom is 0.339 e. The fourth-order valence-corrected chi connectivity index (χ4v) is 4.55. The van der Waals surface area contributed by atoms with Gasteiger partial charge < -0.3 is 14.1 Å². The molecule has 0 spiro atoms. The average Bonchev–Trinajstić information content (AvgIpc) is 3.21. The first-order valence-corrected chi connectivity index (χ1v) is 10.5. The van der Waals surface area contributed by atoms with Crippen LogP contribution in [0.5, 0.6) is 5.75 Å². The van der Waals surface area contributed by atoms with Crippen molar-refractivity contribution in [1.29, 1.82) is 0 Å². The molecule has 5 rings (SSSR count). The van der Waals surface area contributed by atoms with E-state index in [4.69, 9.17) is 9.15 Å². The van der Waals surface area contributed by atoms with Crippen LogP contribution < -0.4 is 10.4 Å². The molecule has 2 aliphatic rings. The zero-order valence-corrected chi connectivity index (χ0v) is 17.2. The molecule has 6 heteroatoms. The number of carbonyl (C=O) groups excluding carboxylic acids is 1. The lowest BCUT2D eigenvalue weighted by Crippen LogP contribution is -2.52. The number of fused-ring (bicyclic) bond motifs is 3. The van der Waals surface area contributed by atoms with E-state index in [1.807, 2.05) is 37.3 Å². The van der Waals surface area contributed by atoms with Gasteiger partial charge >= 0.3 is 5.63 Å². The molecule has 6 nitrogen and oxygen atoms in total. The summed E-state index contributed by atoms with van der Waals surface area (Å²) >= 11 is 0. The summed E-state index contributed by atoms with van der Waals surface area (Å²) in [5.74, 6) is 0.810. The van der Waals surface area contributed by atoms with Gasteiger partial charge in [-0.05, 0) is 62.9 Å². The van der Waals surface area contributed by atoms with E-state index in [-0.39, 0.29) is 17.5 Å². The number of carbonyl (C=O) groups is 1. The number of aromatic nitrogens is 1. The Morgan fingerprint density at radius 3 is 2.77 bits per heavy atom. The van der Waals surface area contributed by atoms with Crippen LogP contribution in [0.4, 0.5) is 0 Å². The van der Waals surface area contributed by atoms with Crippen molar-refractivity contribution >= 4 is 16.9 Å². The van der Waals surface area contributed by atoms with Crippen LogP contribution >= 0.6 is 0 Å². The molecule has 0 saturated carbocycles. The number of hydrogen-bond acceptors (Lipinski definition) is 5. The SMILES string of the molecule is Cc1c(OC(C)C(=O)N2CC(c3ccccn3)C2)ccc2c3c(c(=O)oc12)CCC3. The first-order valence-electron chi connectivity index (χ1n) is 10.5. The summed E-state index contributed by atoms with van der Waals surface area (Å²) in [6.07, 6.45) is 3.83. The van der Waals surface area contributed by atoms with Gasteiger partial charge in [0.2, 0.25) is 0 Å². The molecule has 1 aliphatic heterocycles. The van der Waals surface area contributed by atoms with Crippen LogP contribution in [0.3, 0.4) is 0 Å². The molecule has 30 heavy (non-hydrogen) atoms. The second-order valence-corrected chi connectivity index (χ2v) is 8.22. The molecule has 1 aliphatic carbocycles. The summed E-state index contributed by atoms with van der Waals surface area (Å²) in [4.78, 5) is 31.3. The molecule has 0 N–H and O–H groups in total. The Morgan fingerprint density at radius 1 is 1.20 bits per heavy atom. The van der Waals surface area contributed by atoms with Crippen LogP contribution in [-0.2, 0) is 17.6 Å². The van der Waals surface area contributed by atoms with Gasteiger partial charge in [-0.2, -0.15) is 0 Å². The molecule has 1 saturated heterocycles. The highest BCUT2D eigenvalue weighted by atomic mass is 16.5. The standard InChI is InChI=1S/C24H24N2O4/c1-14-21(10-9-18-17-6-5-7-19(17)24(28)30-22(14)18)29-15(2)23(27)26-12-16(13-26)20-8-3-4-11-25-20/h3-4,8-11,15-16H,5-7,12-13H2,1-2H3. The topological polar surface area (TPSA) is 72.6 Å². The van der Waals surface area contributed by atoms with E-state index in [1.54, 1.807) is 18.0 Å². The normalized spacial score (nSPS) is 16.9. The maximum absolute atomic E-state index is 12.8. The number of nitrogens with zero attached hydrogens (tertiary/aromatic N) is 2. The predicted octanol–water partition coefficient (Wildman–Crippen LogP) is 3.38. The number of amides is 1. The molecule has 1 fully saturated rings. The highest BCUT2D eigenvalue weighted by molar-refractivity contribution is 5.87. The third kappa shape index (κ3) is 3.07. The van der Waals surface area contributed by atoms with Crippen LogP contribution in [0, 0.1) is 6.92 Å². The Hall–Kier alpha value is -3.15. The van der Waals surface area contributed by atoms with Gasteiger partial charge in [-0.25, -0.2) is 4.79 Å². The molecule has 2 aromatic heterocycles. The highest BCUT2D eigenvalue weighted by Gasteiger charge is 2.35. The van der Waals surface area contributed by atoms with Crippen LogP contribution in [-0.4, -0.2) is 35.0 Å². The van der Waals surface area contributed by atoms with Crippen molar-refractivity contribution in [2.24, 2.45) is 0 Å². The quantitative estimate of drug-likeness (QED) is 0.624. The van der Waals surface area contributed by atoms with E-state index in [0.717, 1.165) is 47.0 Å². The maximum atomic E-state index is 12.8. The summed E-state index contributed by atoms with van der Waals surface area (Å²) in [5, 5.41) is 0.979. The number of benzene rings is 1. The van der Waals surface area contributed by atoms with Crippen LogP contribution in [0.2, 0.25) is 0 Å². The van der Waals surface area contributed by atoms with Crippen molar-refractivity contribution in [2.75, 3.05) is 13.1 Å². The molecule has 3 aromatic rings. The van der Waals surface area contributed by atoms with Gasteiger partial charge in [-0.15, -0.1) is 0 Å². The van der Waals surface area contributed by atoms with Gasteiger partial charge in [0.15, 0.2) is 6.10 Å². The molecule has 1 unspecified atom stereocenters. The smallest absolute Gasteiger partial charge is 0.339 e. The van der Waals surface area contributed by atoms with E-state index in [1.165, 1.54) is 0 Å². The lowest BCUT2D eigenvalue weighted by molar-refractivity contribution is -0.142. The lowest BCUT2D eigenvalue weighted by Gasteiger charge is -2.40. The first kappa shape index (κ1) is 18.9. The van der Waals surface area contributed by atoms with Crippen LogP contribution in [0.25, 0.3) is 11.0 Å². The van der Waals surface area contributed by atoms with Crippen LogP contribution in [0.1, 0.15) is 41.6 Å². The summed E-state index contributed by atoms with van der Waals surface area (Å²) in [5.41, 5.74) is 4.00. The number of rotatable bonds is 4. The Morgan fingerprint density at radius 2 is 2.00 bits per heavy atom. The van der Waals surface area contributed by atoms with Gasteiger partial charge in [-0.1, -0.05) is 6.07 Å². The summed E-state index contributed by atoms with van der Waals surface area (Å²) in [6, 6.07) is 9.68. The van der Waals surface area contributed by atoms with Gasteiger partial charge in [0.1, 0.15) is 11.3 Å². The largest absolute Gasteiger partial charge is 0.480 e. The summed E-state index contributed by atoms with van der Waals surface area (Å²) in [6.45, 7) is 4.95.